The molecule has 2 rings (SSSR count). The Morgan fingerprint density at radius 2 is 2.14 bits per heavy atom. The van der Waals surface area contributed by atoms with Gasteiger partial charge in [-0.05, 0) is 25.8 Å². The molecule has 0 saturated heterocycles. The van der Waals surface area contributed by atoms with Crippen LogP contribution in [0.4, 0.5) is 0 Å². The van der Waals surface area contributed by atoms with Crippen LogP contribution in [0.3, 0.4) is 0 Å². The van der Waals surface area contributed by atoms with Crippen LogP contribution in [0.5, 0.6) is 0 Å². The highest BCUT2D eigenvalue weighted by atomic mass is 32.1. The molecule has 0 aliphatic carbocycles. The second-order valence-corrected chi connectivity index (χ2v) is 5.38. The summed E-state index contributed by atoms with van der Waals surface area (Å²) in [4.78, 5) is 5.96. The molecule has 0 aromatic carbocycles. The molecule has 0 bridgehead atoms. The zero-order valence-corrected chi connectivity index (χ0v) is 10.0. The van der Waals surface area contributed by atoms with Crippen LogP contribution in [0.2, 0.25) is 0 Å². The average Bonchev–Trinajstić information content (AvgIpc) is 2.74. The summed E-state index contributed by atoms with van der Waals surface area (Å²) in [5.41, 5.74) is 2.41. The third-order valence-electron chi connectivity index (χ3n) is 2.04. The Balaban J connectivity index is 2.24. The molecule has 0 atom stereocenters. The maximum Gasteiger partial charge on any atom is 0.0932 e. The molecule has 2 heterocycles. The van der Waals surface area contributed by atoms with E-state index in [0.29, 0.717) is 0 Å². The fraction of sp³-hybridized carbons (Fsp3) is 0.364. The molecule has 0 amide bonds. The molecular formula is C11H13NS2. The van der Waals surface area contributed by atoms with E-state index in [1.807, 2.05) is 0 Å². The summed E-state index contributed by atoms with van der Waals surface area (Å²) in [6, 6.07) is 2.20. The van der Waals surface area contributed by atoms with Crippen molar-refractivity contribution in [3.63, 3.8) is 0 Å². The molecule has 74 valence electrons. The highest BCUT2D eigenvalue weighted by molar-refractivity contribution is 7.11. The lowest BCUT2D eigenvalue weighted by Gasteiger charge is -1.89. The topological polar surface area (TPSA) is 12.9 Å². The van der Waals surface area contributed by atoms with Gasteiger partial charge in [-0.25, -0.2) is 4.98 Å². The van der Waals surface area contributed by atoms with Crippen LogP contribution < -0.4 is 0 Å². The van der Waals surface area contributed by atoms with Crippen LogP contribution in [-0.4, -0.2) is 4.98 Å². The second-order valence-electron chi connectivity index (χ2n) is 3.32. The number of rotatable bonds is 3. The van der Waals surface area contributed by atoms with Crippen LogP contribution in [0.25, 0.3) is 11.3 Å². The standard InChI is InChI=1S/C11H13NS2/c1-3-4-11-12-10(7-14-11)9-5-8(2)13-6-9/h5-7H,3-4H2,1-2H3. The summed E-state index contributed by atoms with van der Waals surface area (Å²) < 4.78 is 0. The first kappa shape index (κ1) is 9.87. The van der Waals surface area contributed by atoms with Crippen molar-refractivity contribution in [2.45, 2.75) is 26.7 Å². The van der Waals surface area contributed by atoms with Crippen molar-refractivity contribution in [3.8, 4) is 11.3 Å². The van der Waals surface area contributed by atoms with Gasteiger partial charge >= 0.3 is 0 Å². The zero-order chi connectivity index (χ0) is 9.97. The maximum atomic E-state index is 4.61. The van der Waals surface area contributed by atoms with Gasteiger partial charge in [0.1, 0.15) is 0 Å². The molecule has 0 radical (unpaired) electrons. The third-order valence-corrected chi connectivity index (χ3v) is 3.81. The van der Waals surface area contributed by atoms with Gasteiger partial charge in [0.25, 0.3) is 0 Å². The number of thiazole rings is 1. The maximum absolute atomic E-state index is 4.61. The molecule has 0 fully saturated rings. The van der Waals surface area contributed by atoms with Crippen molar-refractivity contribution in [1.29, 1.82) is 0 Å². The van der Waals surface area contributed by atoms with Gasteiger partial charge in [0, 0.05) is 21.2 Å². The molecule has 0 N–H and O–H groups in total. The molecule has 0 spiro atoms. The van der Waals surface area contributed by atoms with Gasteiger partial charge < -0.3 is 0 Å². The summed E-state index contributed by atoms with van der Waals surface area (Å²) in [5.74, 6) is 0. The van der Waals surface area contributed by atoms with E-state index in [1.165, 1.54) is 21.9 Å². The summed E-state index contributed by atoms with van der Waals surface area (Å²) in [6.07, 6.45) is 2.28. The lowest BCUT2D eigenvalue weighted by Crippen LogP contribution is -1.80. The molecule has 2 aromatic rings. The Morgan fingerprint density at radius 1 is 1.29 bits per heavy atom. The normalized spacial score (nSPS) is 10.7. The van der Waals surface area contributed by atoms with E-state index in [0.717, 1.165) is 12.1 Å². The van der Waals surface area contributed by atoms with Gasteiger partial charge in [-0.3, -0.25) is 0 Å². The minimum absolute atomic E-state index is 1.10. The fourth-order valence-electron chi connectivity index (χ4n) is 1.35. The van der Waals surface area contributed by atoms with Crippen LogP contribution in [0.1, 0.15) is 23.2 Å². The first-order valence-electron chi connectivity index (χ1n) is 4.79. The van der Waals surface area contributed by atoms with Crippen molar-refractivity contribution in [3.05, 3.63) is 26.7 Å². The number of thiophene rings is 1. The molecule has 0 unspecified atom stereocenters. The molecule has 3 heteroatoms. The first-order chi connectivity index (χ1) is 6.79. The molecule has 0 saturated carbocycles. The molecule has 14 heavy (non-hydrogen) atoms. The minimum atomic E-state index is 1.10. The van der Waals surface area contributed by atoms with Crippen molar-refractivity contribution in [2.24, 2.45) is 0 Å². The SMILES string of the molecule is CCCc1nc(-c2csc(C)c2)cs1. The predicted octanol–water partition coefficient (Wildman–Crippen LogP) is 4.13. The van der Waals surface area contributed by atoms with Crippen LogP contribution >= 0.6 is 22.7 Å². The summed E-state index contributed by atoms with van der Waals surface area (Å²) in [6.45, 7) is 4.32. The Morgan fingerprint density at radius 3 is 2.79 bits per heavy atom. The van der Waals surface area contributed by atoms with Crippen molar-refractivity contribution < 1.29 is 0 Å². The highest BCUT2D eigenvalue weighted by Gasteiger charge is 2.04. The Hall–Kier alpha value is -0.670. The third kappa shape index (κ3) is 2.04. The molecule has 2 aromatic heterocycles. The Bertz CT molecular complexity index is 414. The van der Waals surface area contributed by atoms with E-state index in [1.54, 1.807) is 22.7 Å². The number of hydrogen-bond donors (Lipinski definition) is 0. The summed E-state index contributed by atoms with van der Waals surface area (Å²) >= 11 is 3.56. The second kappa shape index (κ2) is 4.24. The van der Waals surface area contributed by atoms with Gasteiger partial charge in [-0.1, -0.05) is 6.92 Å². The number of nitrogens with zero attached hydrogens (tertiary/aromatic N) is 1. The van der Waals surface area contributed by atoms with Gasteiger partial charge in [-0.15, -0.1) is 22.7 Å². The number of aromatic nitrogens is 1. The van der Waals surface area contributed by atoms with Crippen LogP contribution in [0, 0.1) is 6.92 Å². The monoisotopic (exact) mass is 223 g/mol. The lowest BCUT2D eigenvalue weighted by molar-refractivity contribution is 0.910. The molecular weight excluding hydrogens is 210 g/mol. The van der Waals surface area contributed by atoms with Crippen LogP contribution in [0.15, 0.2) is 16.8 Å². The van der Waals surface area contributed by atoms with E-state index < -0.39 is 0 Å². The first-order valence-corrected chi connectivity index (χ1v) is 6.55. The largest absolute Gasteiger partial charge is 0.241 e. The van der Waals surface area contributed by atoms with Gasteiger partial charge in [0.2, 0.25) is 0 Å². The van der Waals surface area contributed by atoms with Crippen molar-refractivity contribution in [2.75, 3.05) is 0 Å². The Labute approximate surface area is 92.4 Å². The molecule has 1 nitrogen and oxygen atoms in total. The smallest absolute Gasteiger partial charge is 0.0932 e. The molecule has 0 aliphatic rings. The van der Waals surface area contributed by atoms with E-state index in [-0.39, 0.29) is 0 Å². The highest BCUT2D eigenvalue weighted by Crippen LogP contribution is 2.26. The van der Waals surface area contributed by atoms with E-state index in [4.69, 9.17) is 0 Å². The van der Waals surface area contributed by atoms with Crippen molar-refractivity contribution in [1.82, 2.24) is 4.98 Å². The number of hydrogen-bond acceptors (Lipinski definition) is 3. The van der Waals surface area contributed by atoms with Gasteiger partial charge in [0.15, 0.2) is 0 Å². The Kier molecular flexibility index (Phi) is 2.99. The fourth-order valence-corrected chi connectivity index (χ4v) is 2.96. The lowest BCUT2D eigenvalue weighted by atomic mass is 10.2. The minimum Gasteiger partial charge on any atom is -0.241 e. The van der Waals surface area contributed by atoms with E-state index in [2.05, 4.69) is 35.7 Å². The van der Waals surface area contributed by atoms with Gasteiger partial charge in [-0.2, -0.15) is 0 Å². The van der Waals surface area contributed by atoms with Crippen LogP contribution in [-0.2, 0) is 6.42 Å². The zero-order valence-electron chi connectivity index (χ0n) is 8.41. The quantitative estimate of drug-likeness (QED) is 0.762. The van der Waals surface area contributed by atoms with E-state index >= 15 is 0 Å². The predicted molar refractivity (Wildman–Crippen MR) is 64.2 cm³/mol. The summed E-state index contributed by atoms with van der Waals surface area (Å²) in [5, 5.41) is 5.60. The van der Waals surface area contributed by atoms with Gasteiger partial charge in [0.05, 0.1) is 10.7 Å². The average molecular weight is 223 g/mol. The van der Waals surface area contributed by atoms with Crippen molar-refractivity contribution >= 4 is 22.7 Å². The number of aryl methyl sites for hydroxylation is 2. The van der Waals surface area contributed by atoms with E-state index in [9.17, 15) is 0 Å². The molecule has 0 aliphatic heterocycles. The summed E-state index contributed by atoms with van der Waals surface area (Å²) in [7, 11) is 0.